The molecule has 1 aliphatic rings. The molecular formula is C15H24N4O. The van der Waals surface area contributed by atoms with E-state index in [1.807, 2.05) is 24.3 Å². The molecule has 1 saturated carbocycles. The largest absolute Gasteiger partial charge is 0.394 e. The highest BCUT2D eigenvalue weighted by Crippen LogP contribution is 2.24. The molecule has 110 valence electrons. The van der Waals surface area contributed by atoms with Crippen LogP contribution < -0.4 is 16.8 Å². The first-order chi connectivity index (χ1) is 9.79. The van der Waals surface area contributed by atoms with Crippen LogP contribution in [0.25, 0.3) is 0 Å². The first-order valence-corrected chi connectivity index (χ1v) is 7.29. The number of rotatable bonds is 7. The number of hydrogen-bond acceptors (Lipinski definition) is 4. The molecule has 0 amide bonds. The summed E-state index contributed by atoms with van der Waals surface area (Å²) >= 11 is 0. The summed E-state index contributed by atoms with van der Waals surface area (Å²) in [6.45, 7) is 2.05. The fraction of sp³-hybridized carbons (Fsp3) is 0.533. The van der Waals surface area contributed by atoms with Gasteiger partial charge >= 0.3 is 0 Å². The number of amidine groups is 1. The minimum absolute atomic E-state index is 0.424. The summed E-state index contributed by atoms with van der Waals surface area (Å²) in [4.78, 5) is 5.36. The van der Waals surface area contributed by atoms with Crippen molar-refractivity contribution in [1.29, 1.82) is 0 Å². The van der Waals surface area contributed by atoms with Gasteiger partial charge < -0.3 is 21.6 Å². The molecule has 1 fully saturated rings. The number of nitrogens with one attached hydrogen (secondary N) is 1. The van der Waals surface area contributed by atoms with E-state index in [2.05, 4.69) is 10.5 Å². The van der Waals surface area contributed by atoms with E-state index in [0.717, 1.165) is 17.8 Å². The minimum atomic E-state index is 0.424. The van der Waals surface area contributed by atoms with Crippen LogP contribution in [0.2, 0.25) is 0 Å². The maximum atomic E-state index is 5.91. The van der Waals surface area contributed by atoms with Crippen LogP contribution in [0, 0.1) is 5.92 Å². The van der Waals surface area contributed by atoms with Crippen LogP contribution in [0.15, 0.2) is 29.4 Å². The Labute approximate surface area is 120 Å². The van der Waals surface area contributed by atoms with Gasteiger partial charge in [-0.05, 0) is 43.0 Å². The van der Waals surface area contributed by atoms with Gasteiger partial charge in [-0.2, -0.15) is 0 Å². The molecule has 5 N–H and O–H groups in total. The molecule has 1 aromatic carbocycles. The molecule has 0 spiro atoms. The summed E-state index contributed by atoms with van der Waals surface area (Å²) in [5, 5.41) is 7.21. The zero-order chi connectivity index (χ0) is 14.2. The normalized spacial score (nSPS) is 16.4. The molecule has 5 heteroatoms. The SMILES string of the molecule is NCCNc1ccc(C(N)=NOCC2CCCC2)cc1. The summed E-state index contributed by atoms with van der Waals surface area (Å²) < 4.78 is 0. The summed E-state index contributed by atoms with van der Waals surface area (Å²) in [6, 6.07) is 7.78. The van der Waals surface area contributed by atoms with Gasteiger partial charge in [-0.3, -0.25) is 0 Å². The van der Waals surface area contributed by atoms with Gasteiger partial charge in [0.2, 0.25) is 0 Å². The molecule has 0 aliphatic heterocycles. The van der Waals surface area contributed by atoms with Gasteiger partial charge in [-0.15, -0.1) is 0 Å². The zero-order valence-corrected chi connectivity index (χ0v) is 11.8. The number of oxime groups is 1. The van der Waals surface area contributed by atoms with E-state index in [1.165, 1.54) is 25.7 Å². The lowest BCUT2D eigenvalue weighted by atomic mass is 10.1. The fourth-order valence-electron chi connectivity index (χ4n) is 2.42. The standard InChI is InChI=1S/C15H24N4O/c16-9-10-18-14-7-5-13(6-8-14)15(17)19-20-11-12-3-1-2-4-12/h5-8,12,18H,1-4,9-11,16H2,(H2,17,19). The highest BCUT2D eigenvalue weighted by atomic mass is 16.6. The summed E-state index contributed by atoms with van der Waals surface area (Å²) in [6.07, 6.45) is 5.11. The van der Waals surface area contributed by atoms with Crippen LogP contribution >= 0.6 is 0 Å². The van der Waals surface area contributed by atoms with E-state index in [9.17, 15) is 0 Å². The summed E-state index contributed by atoms with van der Waals surface area (Å²) in [7, 11) is 0. The Balaban J connectivity index is 1.82. The number of anilines is 1. The van der Waals surface area contributed by atoms with Gasteiger partial charge in [0.1, 0.15) is 6.61 Å². The lowest BCUT2D eigenvalue weighted by molar-refractivity contribution is 0.109. The molecule has 0 heterocycles. The average molecular weight is 276 g/mol. The lowest BCUT2D eigenvalue weighted by Crippen LogP contribution is -2.16. The van der Waals surface area contributed by atoms with Crippen molar-refractivity contribution < 1.29 is 4.84 Å². The quantitative estimate of drug-likeness (QED) is 0.403. The van der Waals surface area contributed by atoms with Gasteiger partial charge in [0.05, 0.1) is 0 Å². The van der Waals surface area contributed by atoms with E-state index in [0.29, 0.717) is 24.9 Å². The first kappa shape index (κ1) is 14.7. The Bertz CT molecular complexity index is 424. The van der Waals surface area contributed by atoms with Crippen LogP contribution in [0.4, 0.5) is 5.69 Å². The second-order valence-electron chi connectivity index (χ2n) is 5.22. The van der Waals surface area contributed by atoms with Gasteiger partial charge in [-0.25, -0.2) is 0 Å². The topological polar surface area (TPSA) is 85.7 Å². The van der Waals surface area contributed by atoms with Crippen LogP contribution in [-0.2, 0) is 4.84 Å². The van der Waals surface area contributed by atoms with Crippen molar-refractivity contribution in [2.75, 3.05) is 25.0 Å². The van der Waals surface area contributed by atoms with E-state index < -0.39 is 0 Å². The molecule has 0 unspecified atom stereocenters. The lowest BCUT2D eigenvalue weighted by Gasteiger charge is -2.08. The molecule has 0 bridgehead atoms. The highest BCUT2D eigenvalue weighted by molar-refractivity contribution is 5.97. The van der Waals surface area contributed by atoms with E-state index >= 15 is 0 Å². The highest BCUT2D eigenvalue weighted by Gasteiger charge is 2.15. The monoisotopic (exact) mass is 276 g/mol. The molecular weight excluding hydrogens is 252 g/mol. The van der Waals surface area contributed by atoms with E-state index in [4.69, 9.17) is 16.3 Å². The van der Waals surface area contributed by atoms with Gasteiger partial charge in [0.15, 0.2) is 5.84 Å². The molecule has 20 heavy (non-hydrogen) atoms. The predicted molar refractivity (Wildman–Crippen MR) is 82.6 cm³/mol. The third-order valence-corrected chi connectivity index (χ3v) is 3.60. The fourth-order valence-corrected chi connectivity index (χ4v) is 2.42. The van der Waals surface area contributed by atoms with Gasteiger partial charge in [-0.1, -0.05) is 18.0 Å². The van der Waals surface area contributed by atoms with Crippen molar-refractivity contribution in [3.63, 3.8) is 0 Å². The molecule has 1 aromatic rings. The van der Waals surface area contributed by atoms with E-state index in [-0.39, 0.29) is 0 Å². The smallest absolute Gasteiger partial charge is 0.170 e. The maximum absolute atomic E-state index is 5.91. The summed E-state index contributed by atoms with van der Waals surface area (Å²) in [5.41, 5.74) is 13.3. The Morgan fingerprint density at radius 3 is 2.60 bits per heavy atom. The second kappa shape index (κ2) is 7.75. The Hall–Kier alpha value is -1.75. The molecule has 5 nitrogen and oxygen atoms in total. The number of benzene rings is 1. The molecule has 0 radical (unpaired) electrons. The van der Waals surface area contributed by atoms with E-state index in [1.54, 1.807) is 0 Å². The third-order valence-electron chi connectivity index (χ3n) is 3.60. The van der Waals surface area contributed by atoms with Crippen molar-refractivity contribution in [3.05, 3.63) is 29.8 Å². The van der Waals surface area contributed by atoms with Crippen LogP contribution in [0.5, 0.6) is 0 Å². The minimum Gasteiger partial charge on any atom is -0.394 e. The van der Waals surface area contributed by atoms with Crippen molar-refractivity contribution in [2.45, 2.75) is 25.7 Å². The van der Waals surface area contributed by atoms with Crippen molar-refractivity contribution in [3.8, 4) is 0 Å². The Morgan fingerprint density at radius 2 is 1.95 bits per heavy atom. The number of nitrogens with zero attached hydrogens (tertiary/aromatic N) is 1. The zero-order valence-electron chi connectivity index (χ0n) is 11.8. The van der Waals surface area contributed by atoms with Crippen molar-refractivity contribution in [1.82, 2.24) is 0 Å². The maximum Gasteiger partial charge on any atom is 0.170 e. The predicted octanol–water partition coefficient (Wildman–Crippen LogP) is 1.88. The Kier molecular flexibility index (Phi) is 5.68. The van der Waals surface area contributed by atoms with Crippen LogP contribution in [0.3, 0.4) is 0 Å². The molecule has 0 saturated heterocycles. The molecule has 2 rings (SSSR count). The molecule has 0 atom stereocenters. The van der Waals surface area contributed by atoms with Crippen molar-refractivity contribution >= 4 is 11.5 Å². The summed E-state index contributed by atoms with van der Waals surface area (Å²) in [5.74, 6) is 1.07. The number of hydrogen-bond donors (Lipinski definition) is 3. The van der Waals surface area contributed by atoms with Gasteiger partial charge in [0.25, 0.3) is 0 Å². The first-order valence-electron chi connectivity index (χ1n) is 7.29. The molecule has 1 aliphatic carbocycles. The van der Waals surface area contributed by atoms with Gasteiger partial charge in [0, 0.05) is 24.3 Å². The van der Waals surface area contributed by atoms with Crippen LogP contribution in [-0.4, -0.2) is 25.5 Å². The molecule has 0 aromatic heterocycles. The number of nitrogens with two attached hydrogens (primary N) is 2. The van der Waals surface area contributed by atoms with Crippen LogP contribution in [0.1, 0.15) is 31.2 Å². The average Bonchev–Trinajstić information content (AvgIpc) is 2.99. The Morgan fingerprint density at radius 1 is 1.25 bits per heavy atom. The second-order valence-corrected chi connectivity index (χ2v) is 5.22. The third kappa shape index (κ3) is 4.42. The van der Waals surface area contributed by atoms with Crippen molar-refractivity contribution in [2.24, 2.45) is 22.5 Å².